The van der Waals surface area contributed by atoms with Gasteiger partial charge in [-0.05, 0) is 51.9 Å². The van der Waals surface area contributed by atoms with Crippen molar-refractivity contribution in [1.82, 2.24) is 0 Å². The van der Waals surface area contributed by atoms with Crippen LogP contribution in [-0.4, -0.2) is 5.24 Å². The fourth-order valence-corrected chi connectivity index (χ4v) is 1.75. The molecule has 6 heteroatoms. The summed E-state index contributed by atoms with van der Waals surface area (Å²) in [4.78, 5) is 10.6. The largest absolute Gasteiger partial charge is 0.416 e. The number of hydrogen-bond acceptors (Lipinski definition) is 1. The summed E-state index contributed by atoms with van der Waals surface area (Å²) in [5.74, 6) is 0. The van der Waals surface area contributed by atoms with E-state index in [0.717, 1.165) is 6.07 Å². The Bertz CT molecular complexity index is 389. The fourth-order valence-electron chi connectivity index (χ4n) is 1.12. The summed E-state index contributed by atoms with van der Waals surface area (Å²) in [5.41, 5.74) is -0.897. The van der Waals surface area contributed by atoms with E-state index in [0.29, 0.717) is 3.57 Å². The lowest BCUT2D eigenvalue weighted by Gasteiger charge is -2.11. The monoisotopic (exact) mass is 348 g/mol. The van der Waals surface area contributed by atoms with E-state index >= 15 is 0 Å². The number of rotatable bonds is 2. The van der Waals surface area contributed by atoms with Crippen molar-refractivity contribution in [1.29, 1.82) is 0 Å². The molecule has 0 aromatic heterocycles. The highest BCUT2D eigenvalue weighted by Crippen LogP contribution is 2.33. The Kier molecular flexibility index (Phi) is 3.99. The van der Waals surface area contributed by atoms with Crippen LogP contribution in [0.15, 0.2) is 18.2 Å². The van der Waals surface area contributed by atoms with Gasteiger partial charge in [0.25, 0.3) is 0 Å². The zero-order valence-electron chi connectivity index (χ0n) is 7.24. The molecule has 0 aliphatic rings. The van der Waals surface area contributed by atoms with E-state index in [1.165, 1.54) is 12.1 Å². The smallest absolute Gasteiger partial charge is 0.281 e. The van der Waals surface area contributed by atoms with Crippen molar-refractivity contribution < 1.29 is 18.0 Å². The molecule has 0 saturated carbocycles. The lowest BCUT2D eigenvalue weighted by molar-refractivity contribution is -0.138. The molecule has 1 rings (SSSR count). The summed E-state index contributed by atoms with van der Waals surface area (Å²) in [5, 5.41) is -0.804. The SMILES string of the molecule is O=C(Cl)Cc1ccc(I)cc1C(F)(F)F. The molecule has 0 radical (unpaired) electrons. The molecule has 0 heterocycles. The van der Waals surface area contributed by atoms with E-state index in [-0.39, 0.29) is 5.56 Å². The standard InChI is InChI=1S/C9H5ClF3IO/c10-8(15)3-5-1-2-6(14)4-7(5)9(11,12)13/h1-2,4H,3H2. The molecule has 0 N–H and O–H groups in total. The van der Waals surface area contributed by atoms with Crippen molar-refractivity contribution in [3.63, 3.8) is 0 Å². The highest BCUT2D eigenvalue weighted by Gasteiger charge is 2.33. The van der Waals surface area contributed by atoms with Crippen molar-refractivity contribution in [3.05, 3.63) is 32.9 Å². The van der Waals surface area contributed by atoms with Crippen molar-refractivity contribution in [2.45, 2.75) is 12.6 Å². The third-order valence-corrected chi connectivity index (χ3v) is 2.51. The Morgan fingerprint density at radius 2 is 2.00 bits per heavy atom. The molecule has 0 spiro atoms. The van der Waals surface area contributed by atoms with Gasteiger partial charge in [0.15, 0.2) is 0 Å². The Balaban J connectivity index is 3.20. The van der Waals surface area contributed by atoms with Crippen molar-refractivity contribution >= 4 is 39.4 Å². The lowest BCUT2D eigenvalue weighted by Crippen LogP contribution is -2.11. The van der Waals surface area contributed by atoms with Crippen molar-refractivity contribution in [2.75, 3.05) is 0 Å². The molecule has 0 fully saturated rings. The van der Waals surface area contributed by atoms with Gasteiger partial charge in [0, 0.05) is 9.99 Å². The summed E-state index contributed by atoms with van der Waals surface area (Å²) < 4.78 is 38.0. The lowest BCUT2D eigenvalue weighted by atomic mass is 10.1. The molecule has 1 aromatic carbocycles. The molecule has 0 amide bonds. The minimum Gasteiger partial charge on any atom is -0.281 e. The van der Waals surface area contributed by atoms with Crippen LogP contribution in [0.4, 0.5) is 13.2 Å². The number of hydrogen-bond donors (Lipinski definition) is 0. The van der Waals surface area contributed by atoms with Crippen LogP contribution in [0.3, 0.4) is 0 Å². The van der Waals surface area contributed by atoms with E-state index in [1.54, 1.807) is 22.6 Å². The molecule has 0 bridgehead atoms. The van der Waals surface area contributed by atoms with Gasteiger partial charge in [-0.25, -0.2) is 0 Å². The Morgan fingerprint density at radius 1 is 1.40 bits per heavy atom. The molecule has 0 atom stereocenters. The van der Waals surface area contributed by atoms with Crippen molar-refractivity contribution in [2.24, 2.45) is 0 Å². The first-order valence-corrected chi connectivity index (χ1v) is 5.30. The topological polar surface area (TPSA) is 17.1 Å². The second kappa shape index (κ2) is 4.69. The van der Waals surface area contributed by atoms with Gasteiger partial charge in [0.05, 0.1) is 5.56 Å². The highest BCUT2D eigenvalue weighted by molar-refractivity contribution is 14.1. The summed E-state index contributed by atoms with van der Waals surface area (Å²) in [6.07, 6.45) is -4.86. The van der Waals surface area contributed by atoms with Gasteiger partial charge in [0.1, 0.15) is 0 Å². The number of benzene rings is 1. The van der Waals surface area contributed by atoms with Gasteiger partial charge < -0.3 is 0 Å². The maximum absolute atomic E-state index is 12.5. The molecule has 0 unspecified atom stereocenters. The van der Waals surface area contributed by atoms with Crippen LogP contribution in [0.1, 0.15) is 11.1 Å². The molecule has 82 valence electrons. The minimum atomic E-state index is -4.46. The first-order valence-electron chi connectivity index (χ1n) is 3.84. The van der Waals surface area contributed by atoms with Gasteiger partial charge >= 0.3 is 6.18 Å². The van der Waals surface area contributed by atoms with Crippen LogP contribution in [0.2, 0.25) is 0 Å². The molecule has 15 heavy (non-hydrogen) atoms. The molecule has 1 aromatic rings. The predicted molar refractivity (Wildman–Crippen MR) is 58.7 cm³/mol. The first kappa shape index (κ1) is 12.8. The molecule has 0 aliphatic carbocycles. The minimum absolute atomic E-state index is 0.0945. The van der Waals surface area contributed by atoms with Crippen LogP contribution in [0.25, 0.3) is 0 Å². The van der Waals surface area contributed by atoms with Gasteiger partial charge in [-0.1, -0.05) is 6.07 Å². The Morgan fingerprint density at radius 3 is 2.47 bits per heavy atom. The third kappa shape index (κ3) is 3.64. The van der Waals surface area contributed by atoms with Gasteiger partial charge in [0.2, 0.25) is 5.24 Å². The van der Waals surface area contributed by atoms with Crippen molar-refractivity contribution in [3.8, 4) is 0 Å². The number of carbonyl (C=O) groups excluding carboxylic acids is 1. The van der Waals surface area contributed by atoms with E-state index in [1.807, 2.05) is 0 Å². The second-order valence-electron chi connectivity index (χ2n) is 2.83. The summed E-state index contributed by atoms with van der Waals surface area (Å²) in [6.45, 7) is 0. The number of alkyl halides is 3. The average Bonchev–Trinajstić information content (AvgIpc) is 2.05. The number of halogens is 5. The van der Waals surface area contributed by atoms with E-state index in [2.05, 4.69) is 0 Å². The third-order valence-electron chi connectivity index (χ3n) is 1.71. The summed E-state index contributed by atoms with van der Waals surface area (Å²) in [6, 6.07) is 3.77. The Hall–Kier alpha value is -0.300. The van der Waals surface area contributed by atoms with E-state index in [4.69, 9.17) is 11.6 Å². The Labute approximate surface area is 103 Å². The highest BCUT2D eigenvalue weighted by atomic mass is 127. The van der Waals surface area contributed by atoms with Crippen LogP contribution < -0.4 is 0 Å². The van der Waals surface area contributed by atoms with Gasteiger partial charge in [-0.15, -0.1) is 0 Å². The predicted octanol–water partition coefficient (Wildman–Crippen LogP) is 3.62. The van der Waals surface area contributed by atoms with Crippen LogP contribution >= 0.6 is 34.2 Å². The first-order chi connectivity index (χ1) is 6.80. The maximum atomic E-state index is 12.5. The molecule has 0 saturated heterocycles. The van der Waals surface area contributed by atoms with Gasteiger partial charge in [-0.3, -0.25) is 4.79 Å². The van der Waals surface area contributed by atoms with E-state index in [9.17, 15) is 18.0 Å². The van der Waals surface area contributed by atoms with E-state index < -0.39 is 23.4 Å². The quantitative estimate of drug-likeness (QED) is 0.589. The normalized spacial score (nSPS) is 11.5. The fraction of sp³-hybridized carbons (Fsp3) is 0.222. The second-order valence-corrected chi connectivity index (χ2v) is 4.50. The van der Waals surface area contributed by atoms with Crippen LogP contribution in [0, 0.1) is 3.57 Å². The zero-order chi connectivity index (χ0) is 11.6. The number of carbonyl (C=O) groups is 1. The average molecular weight is 348 g/mol. The molecular formula is C9H5ClF3IO. The summed E-state index contributed by atoms with van der Waals surface area (Å²) in [7, 11) is 0. The van der Waals surface area contributed by atoms with Crippen LogP contribution in [-0.2, 0) is 17.4 Å². The van der Waals surface area contributed by atoms with Crippen LogP contribution in [0.5, 0.6) is 0 Å². The molecule has 1 nitrogen and oxygen atoms in total. The maximum Gasteiger partial charge on any atom is 0.416 e. The van der Waals surface area contributed by atoms with Gasteiger partial charge in [-0.2, -0.15) is 13.2 Å². The molecular weight excluding hydrogens is 343 g/mol. The zero-order valence-corrected chi connectivity index (χ0v) is 10.2. The summed E-state index contributed by atoms with van der Waals surface area (Å²) >= 11 is 6.84. The molecule has 0 aliphatic heterocycles.